The van der Waals surface area contributed by atoms with Crippen molar-refractivity contribution in [1.82, 2.24) is 0 Å². The monoisotopic (exact) mass is 262 g/mol. The molecule has 0 bridgehead atoms. The van der Waals surface area contributed by atoms with Crippen molar-refractivity contribution in [3.05, 3.63) is 83.8 Å². The third-order valence-corrected chi connectivity index (χ3v) is 3.83. The van der Waals surface area contributed by atoms with Crippen LogP contribution in [0.15, 0.2) is 83.1 Å². The molecule has 0 nitrogen and oxygen atoms in total. The molecule has 0 spiro atoms. The molecule has 0 radical (unpaired) electrons. The zero-order chi connectivity index (χ0) is 12.9. The van der Waals surface area contributed by atoms with E-state index in [1.807, 2.05) is 6.07 Å². The smallest absolute Gasteiger partial charge is 0.0116 e. The van der Waals surface area contributed by atoms with Crippen LogP contribution >= 0.6 is 11.8 Å². The molecule has 0 N–H and O–H groups in total. The average molecular weight is 262 g/mol. The fourth-order valence-electron chi connectivity index (χ4n) is 2.08. The predicted molar refractivity (Wildman–Crippen MR) is 85.3 cm³/mol. The summed E-state index contributed by atoms with van der Waals surface area (Å²) in [5.41, 5.74) is 1.27. The molecule has 92 valence electrons. The Kier molecular flexibility index (Phi) is 3.66. The van der Waals surface area contributed by atoms with Gasteiger partial charge in [-0.15, -0.1) is 0 Å². The fraction of sp³-hybridized carbons (Fsp3) is 0. The van der Waals surface area contributed by atoms with E-state index in [-0.39, 0.29) is 0 Å². The Morgan fingerprint density at radius 1 is 0.684 bits per heavy atom. The van der Waals surface area contributed by atoms with Gasteiger partial charge in [-0.05, 0) is 40.0 Å². The molecule has 0 saturated carbocycles. The highest BCUT2D eigenvalue weighted by atomic mass is 32.2. The van der Waals surface area contributed by atoms with Crippen LogP contribution in [0, 0.1) is 0 Å². The Bertz CT molecular complexity index is 694. The van der Waals surface area contributed by atoms with E-state index < -0.39 is 0 Å². The summed E-state index contributed by atoms with van der Waals surface area (Å²) in [6, 6.07) is 25.3. The molecule has 1 heteroatoms. The first-order chi connectivity index (χ1) is 9.43. The summed E-state index contributed by atoms with van der Waals surface area (Å²) in [7, 11) is 0. The molecule has 3 aromatic rings. The van der Waals surface area contributed by atoms with Gasteiger partial charge in [-0.2, -0.15) is 0 Å². The van der Waals surface area contributed by atoms with Gasteiger partial charge in [0, 0.05) is 4.90 Å². The van der Waals surface area contributed by atoms with Gasteiger partial charge in [-0.25, -0.2) is 0 Å². The Morgan fingerprint density at radius 3 is 2.32 bits per heavy atom. The molecule has 0 aromatic heterocycles. The van der Waals surface area contributed by atoms with Crippen LogP contribution in [-0.4, -0.2) is 0 Å². The van der Waals surface area contributed by atoms with Crippen molar-refractivity contribution in [3.8, 4) is 0 Å². The van der Waals surface area contributed by atoms with Crippen molar-refractivity contribution in [1.29, 1.82) is 0 Å². The first kappa shape index (κ1) is 12.1. The van der Waals surface area contributed by atoms with Crippen LogP contribution in [0.5, 0.6) is 0 Å². The average Bonchev–Trinajstić information content (AvgIpc) is 2.49. The minimum Gasteiger partial charge on any atom is -0.0981 e. The van der Waals surface area contributed by atoms with Crippen LogP contribution in [0.4, 0.5) is 0 Å². The second-order valence-electron chi connectivity index (χ2n) is 4.30. The third kappa shape index (κ3) is 2.88. The topological polar surface area (TPSA) is 0 Å². The maximum absolute atomic E-state index is 2.18. The highest BCUT2D eigenvalue weighted by molar-refractivity contribution is 8.02. The van der Waals surface area contributed by atoms with Gasteiger partial charge >= 0.3 is 0 Å². The van der Waals surface area contributed by atoms with Crippen molar-refractivity contribution in [2.75, 3.05) is 0 Å². The van der Waals surface area contributed by atoms with Gasteiger partial charge in [0.05, 0.1) is 0 Å². The van der Waals surface area contributed by atoms with E-state index >= 15 is 0 Å². The number of hydrogen-bond acceptors (Lipinski definition) is 1. The fourth-order valence-corrected chi connectivity index (χ4v) is 2.77. The van der Waals surface area contributed by atoms with Crippen molar-refractivity contribution < 1.29 is 0 Å². The van der Waals surface area contributed by atoms with Crippen molar-refractivity contribution in [2.24, 2.45) is 0 Å². The van der Waals surface area contributed by atoms with Gasteiger partial charge in [0.15, 0.2) is 0 Å². The highest BCUT2D eigenvalue weighted by Crippen LogP contribution is 2.23. The molecule has 3 aromatic carbocycles. The number of fused-ring (bicyclic) bond motifs is 1. The molecular formula is C18H14S. The van der Waals surface area contributed by atoms with E-state index in [4.69, 9.17) is 0 Å². The zero-order valence-corrected chi connectivity index (χ0v) is 11.3. The first-order valence-corrected chi connectivity index (χ1v) is 7.17. The number of hydrogen-bond donors (Lipinski definition) is 0. The summed E-state index contributed by atoms with van der Waals surface area (Å²) in [6.45, 7) is 0. The molecule has 0 fully saturated rings. The van der Waals surface area contributed by atoms with E-state index in [2.05, 4.69) is 78.2 Å². The van der Waals surface area contributed by atoms with E-state index in [9.17, 15) is 0 Å². The van der Waals surface area contributed by atoms with Crippen molar-refractivity contribution in [2.45, 2.75) is 4.90 Å². The molecule has 19 heavy (non-hydrogen) atoms. The van der Waals surface area contributed by atoms with Crippen molar-refractivity contribution >= 4 is 28.6 Å². The quantitative estimate of drug-likeness (QED) is 0.553. The second kappa shape index (κ2) is 5.77. The zero-order valence-electron chi connectivity index (χ0n) is 10.5. The SMILES string of the molecule is C(=C/c1cccc2ccccc12)/Sc1ccccc1. The molecule has 0 saturated heterocycles. The van der Waals surface area contributed by atoms with Crippen LogP contribution in [0.2, 0.25) is 0 Å². The summed E-state index contributed by atoms with van der Waals surface area (Å²) in [5, 5.41) is 4.74. The van der Waals surface area contributed by atoms with Gasteiger partial charge in [0.2, 0.25) is 0 Å². The lowest BCUT2D eigenvalue weighted by molar-refractivity contribution is 1.47. The molecule has 3 rings (SSSR count). The lowest BCUT2D eigenvalue weighted by Crippen LogP contribution is -1.76. The van der Waals surface area contributed by atoms with Crippen LogP contribution in [0.3, 0.4) is 0 Å². The van der Waals surface area contributed by atoms with Crippen LogP contribution < -0.4 is 0 Å². The van der Waals surface area contributed by atoms with Gasteiger partial charge < -0.3 is 0 Å². The molecular weight excluding hydrogens is 248 g/mol. The predicted octanol–water partition coefficient (Wildman–Crippen LogP) is 5.60. The Hall–Kier alpha value is -1.99. The molecule has 0 aliphatic heterocycles. The van der Waals surface area contributed by atoms with Gasteiger partial charge in [-0.3, -0.25) is 0 Å². The van der Waals surface area contributed by atoms with Gasteiger partial charge in [0.1, 0.15) is 0 Å². The normalized spacial score (nSPS) is 11.2. The standard InChI is InChI=1S/C18H14S/c1-2-10-17(11-3-1)19-14-13-16-9-6-8-15-7-4-5-12-18(15)16/h1-14H/b14-13-. The highest BCUT2D eigenvalue weighted by Gasteiger charge is 1.96. The second-order valence-corrected chi connectivity index (χ2v) is 5.28. The van der Waals surface area contributed by atoms with Crippen LogP contribution in [0.25, 0.3) is 16.8 Å². The Balaban J connectivity index is 1.85. The lowest BCUT2D eigenvalue weighted by atomic mass is 10.1. The molecule has 0 aliphatic carbocycles. The number of thioether (sulfide) groups is 1. The molecule has 0 heterocycles. The van der Waals surface area contributed by atoms with E-state index in [1.165, 1.54) is 21.2 Å². The number of benzene rings is 3. The third-order valence-electron chi connectivity index (χ3n) is 3.02. The number of rotatable bonds is 3. The summed E-state index contributed by atoms with van der Waals surface area (Å²) < 4.78 is 0. The molecule has 0 aliphatic rings. The maximum Gasteiger partial charge on any atom is 0.0116 e. The Morgan fingerprint density at radius 2 is 1.42 bits per heavy atom. The van der Waals surface area contributed by atoms with Gasteiger partial charge in [0.25, 0.3) is 0 Å². The molecule has 0 unspecified atom stereocenters. The minimum atomic E-state index is 1.26. The summed E-state index contributed by atoms with van der Waals surface area (Å²) in [5.74, 6) is 0. The summed E-state index contributed by atoms with van der Waals surface area (Å²) in [4.78, 5) is 1.26. The Labute approximate surface area is 117 Å². The van der Waals surface area contributed by atoms with E-state index in [0.29, 0.717) is 0 Å². The van der Waals surface area contributed by atoms with Crippen LogP contribution in [-0.2, 0) is 0 Å². The van der Waals surface area contributed by atoms with Crippen LogP contribution in [0.1, 0.15) is 5.56 Å². The van der Waals surface area contributed by atoms with E-state index in [0.717, 1.165) is 0 Å². The van der Waals surface area contributed by atoms with E-state index in [1.54, 1.807) is 11.8 Å². The molecule has 0 atom stereocenters. The molecule has 0 amide bonds. The van der Waals surface area contributed by atoms with Crippen molar-refractivity contribution in [3.63, 3.8) is 0 Å². The first-order valence-electron chi connectivity index (χ1n) is 6.29. The largest absolute Gasteiger partial charge is 0.0981 e. The maximum atomic E-state index is 2.18. The lowest BCUT2D eigenvalue weighted by Gasteiger charge is -2.01. The minimum absolute atomic E-state index is 1.26. The van der Waals surface area contributed by atoms with Gasteiger partial charge in [-0.1, -0.05) is 72.4 Å². The summed E-state index contributed by atoms with van der Waals surface area (Å²) >= 11 is 1.74. The summed E-state index contributed by atoms with van der Waals surface area (Å²) in [6.07, 6.45) is 2.18.